The Morgan fingerprint density at radius 2 is 2.06 bits per heavy atom. The van der Waals surface area contributed by atoms with Crippen LogP contribution in [0.15, 0.2) is 30.3 Å². The topological polar surface area (TPSA) is 49.3 Å². The highest BCUT2D eigenvalue weighted by molar-refractivity contribution is 5.79. The second-order valence-electron chi connectivity index (χ2n) is 4.78. The van der Waals surface area contributed by atoms with Crippen LogP contribution >= 0.6 is 0 Å². The summed E-state index contributed by atoms with van der Waals surface area (Å²) in [6.07, 6.45) is 2.31. The Morgan fingerprint density at radius 1 is 1.41 bits per heavy atom. The summed E-state index contributed by atoms with van der Waals surface area (Å²) in [5.41, 5.74) is 0.950. The van der Waals surface area contributed by atoms with Crippen molar-refractivity contribution in [3.8, 4) is 0 Å². The lowest BCUT2D eigenvalue weighted by atomic mass is 10.0. The fraction of sp³-hybridized carbons (Fsp3) is 0.500. The van der Waals surface area contributed by atoms with Crippen LogP contribution in [0.2, 0.25) is 0 Å². The van der Waals surface area contributed by atoms with Gasteiger partial charge in [0.25, 0.3) is 0 Å². The highest BCUT2D eigenvalue weighted by Crippen LogP contribution is 2.36. The van der Waals surface area contributed by atoms with Crippen LogP contribution in [-0.4, -0.2) is 17.6 Å². The van der Waals surface area contributed by atoms with Gasteiger partial charge in [-0.05, 0) is 24.3 Å². The smallest absolute Gasteiger partial charge is 0.223 e. The molecule has 1 fully saturated rings. The minimum atomic E-state index is -0.287. The standard InChI is InChI=1S/C14H19NO2/c1-10(11-7-8-11)14(17)15-13(9-16)12-5-3-2-4-6-12/h2-6,10-11,13,16H,7-9H2,1H3,(H,15,17)/t10?,13-/m0/s1. The van der Waals surface area contributed by atoms with Crippen LogP contribution in [0, 0.1) is 11.8 Å². The zero-order valence-corrected chi connectivity index (χ0v) is 10.1. The van der Waals surface area contributed by atoms with E-state index in [1.807, 2.05) is 37.3 Å². The van der Waals surface area contributed by atoms with Crippen LogP contribution < -0.4 is 5.32 Å². The van der Waals surface area contributed by atoms with E-state index in [0.717, 1.165) is 18.4 Å². The number of carbonyl (C=O) groups excluding carboxylic acids is 1. The van der Waals surface area contributed by atoms with E-state index in [1.54, 1.807) is 0 Å². The summed E-state index contributed by atoms with van der Waals surface area (Å²) in [5.74, 6) is 0.660. The van der Waals surface area contributed by atoms with Gasteiger partial charge >= 0.3 is 0 Å². The molecule has 1 aromatic carbocycles. The summed E-state index contributed by atoms with van der Waals surface area (Å²) < 4.78 is 0. The lowest BCUT2D eigenvalue weighted by Gasteiger charge is -2.19. The highest BCUT2D eigenvalue weighted by Gasteiger charge is 2.33. The molecule has 0 aromatic heterocycles. The third kappa shape index (κ3) is 3.07. The number of hydrogen-bond donors (Lipinski definition) is 2. The maximum atomic E-state index is 11.9. The molecular weight excluding hydrogens is 214 g/mol. The van der Waals surface area contributed by atoms with E-state index >= 15 is 0 Å². The van der Waals surface area contributed by atoms with Crippen molar-refractivity contribution in [3.05, 3.63) is 35.9 Å². The minimum absolute atomic E-state index is 0.0513. The molecule has 0 saturated heterocycles. The first-order valence-corrected chi connectivity index (χ1v) is 6.18. The molecule has 0 radical (unpaired) electrons. The van der Waals surface area contributed by atoms with E-state index in [-0.39, 0.29) is 24.5 Å². The van der Waals surface area contributed by atoms with Crippen LogP contribution in [0.25, 0.3) is 0 Å². The van der Waals surface area contributed by atoms with Gasteiger partial charge in [-0.2, -0.15) is 0 Å². The first-order valence-electron chi connectivity index (χ1n) is 6.18. The molecular formula is C14H19NO2. The summed E-state index contributed by atoms with van der Waals surface area (Å²) in [6.45, 7) is 1.90. The van der Waals surface area contributed by atoms with Gasteiger partial charge in [-0.15, -0.1) is 0 Å². The van der Waals surface area contributed by atoms with Crippen LogP contribution in [0.3, 0.4) is 0 Å². The van der Waals surface area contributed by atoms with Gasteiger partial charge in [-0.1, -0.05) is 37.3 Å². The van der Waals surface area contributed by atoms with Crippen LogP contribution in [0.4, 0.5) is 0 Å². The molecule has 1 unspecified atom stereocenters. The van der Waals surface area contributed by atoms with Gasteiger partial charge in [0.15, 0.2) is 0 Å². The Labute approximate surface area is 102 Å². The summed E-state index contributed by atoms with van der Waals surface area (Å²) >= 11 is 0. The number of benzene rings is 1. The van der Waals surface area contributed by atoms with Crippen LogP contribution in [0.5, 0.6) is 0 Å². The molecule has 1 aliphatic carbocycles. The van der Waals surface area contributed by atoms with Gasteiger partial charge in [0.05, 0.1) is 12.6 Å². The lowest BCUT2D eigenvalue weighted by molar-refractivity contribution is -0.126. The van der Waals surface area contributed by atoms with Crippen LogP contribution in [-0.2, 0) is 4.79 Å². The number of aliphatic hydroxyl groups is 1. The SMILES string of the molecule is CC(C(=O)N[C@@H](CO)c1ccccc1)C1CC1. The largest absolute Gasteiger partial charge is 0.394 e. The van der Waals surface area contributed by atoms with E-state index in [2.05, 4.69) is 5.32 Å². The van der Waals surface area contributed by atoms with Gasteiger partial charge in [0, 0.05) is 5.92 Å². The van der Waals surface area contributed by atoms with Crippen LogP contribution in [0.1, 0.15) is 31.4 Å². The van der Waals surface area contributed by atoms with E-state index in [0.29, 0.717) is 5.92 Å². The fourth-order valence-electron chi connectivity index (χ4n) is 2.03. The average Bonchev–Trinajstić information content (AvgIpc) is 3.20. The van der Waals surface area contributed by atoms with Crippen molar-refractivity contribution < 1.29 is 9.90 Å². The molecule has 0 aliphatic heterocycles. The molecule has 92 valence electrons. The fourth-order valence-corrected chi connectivity index (χ4v) is 2.03. The quantitative estimate of drug-likeness (QED) is 0.816. The molecule has 1 saturated carbocycles. The molecule has 0 heterocycles. The molecule has 2 rings (SSSR count). The lowest BCUT2D eigenvalue weighted by Crippen LogP contribution is -2.35. The normalized spacial score (nSPS) is 18.5. The zero-order chi connectivity index (χ0) is 12.3. The average molecular weight is 233 g/mol. The number of amides is 1. The summed E-state index contributed by atoms with van der Waals surface area (Å²) in [6, 6.07) is 9.30. The number of hydrogen-bond acceptors (Lipinski definition) is 2. The first-order chi connectivity index (χ1) is 8.22. The maximum Gasteiger partial charge on any atom is 0.223 e. The first kappa shape index (κ1) is 12.1. The minimum Gasteiger partial charge on any atom is -0.394 e. The Morgan fingerprint density at radius 3 is 2.59 bits per heavy atom. The van der Waals surface area contributed by atoms with Gasteiger partial charge in [-0.25, -0.2) is 0 Å². The van der Waals surface area contributed by atoms with Crippen molar-refractivity contribution in [3.63, 3.8) is 0 Å². The van der Waals surface area contributed by atoms with Gasteiger partial charge in [0.1, 0.15) is 0 Å². The number of aliphatic hydroxyl groups excluding tert-OH is 1. The van der Waals surface area contributed by atoms with Crippen molar-refractivity contribution in [2.24, 2.45) is 11.8 Å². The number of rotatable bonds is 5. The third-order valence-electron chi connectivity index (χ3n) is 3.44. The maximum absolute atomic E-state index is 11.9. The predicted molar refractivity (Wildman–Crippen MR) is 66.3 cm³/mol. The Bertz CT molecular complexity index is 373. The van der Waals surface area contributed by atoms with Gasteiger partial charge in [-0.3, -0.25) is 4.79 Å². The second kappa shape index (κ2) is 5.32. The van der Waals surface area contributed by atoms with Crippen molar-refractivity contribution in [2.75, 3.05) is 6.61 Å². The van der Waals surface area contributed by atoms with Crippen molar-refractivity contribution in [2.45, 2.75) is 25.8 Å². The molecule has 3 nitrogen and oxygen atoms in total. The van der Waals surface area contributed by atoms with Crippen molar-refractivity contribution >= 4 is 5.91 Å². The Balaban J connectivity index is 1.97. The second-order valence-corrected chi connectivity index (χ2v) is 4.78. The predicted octanol–water partition coefficient (Wildman–Crippen LogP) is 1.88. The zero-order valence-electron chi connectivity index (χ0n) is 10.1. The summed E-state index contributed by atoms with van der Waals surface area (Å²) in [7, 11) is 0. The third-order valence-corrected chi connectivity index (χ3v) is 3.44. The molecule has 3 heteroatoms. The molecule has 0 bridgehead atoms. The highest BCUT2D eigenvalue weighted by atomic mass is 16.3. The molecule has 1 aliphatic rings. The number of carbonyl (C=O) groups is 1. The van der Waals surface area contributed by atoms with Gasteiger partial charge in [0.2, 0.25) is 5.91 Å². The monoisotopic (exact) mass is 233 g/mol. The van der Waals surface area contributed by atoms with Gasteiger partial charge < -0.3 is 10.4 Å². The molecule has 2 N–H and O–H groups in total. The number of nitrogens with one attached hydrogen (secondary N) is 1. The molecule has 2 atom stereocenters. The molecule has 1 aromatic rings. The summed E-state index contributed by atoms with van der Waals surface area (Å²) in [4.78, 5) is 11.9. The molecule has 1 amide bonds. The molecule has 0 spiro atoms. The van der Waals surface area contributed by atoms with E-state index in [4.69, 9.17) is 0 Å². The Kier molecular flexibility index (Phi) is 3.79. The van der Waals surface area contributed by atoms with Crippen molar-refractivity contribution in [1.29, 1.82) is 0 Å². The Hall–Kier alpha value is -1.35. The summed E-state index contributed by atoms with van der Waals surface area (Å²) in [5, 5.41) is 12.3. The molecule has 17 heavy (non-hydrogen) atoms. The van der Waals surface area contributed by atoms with E-state index in [1.165, 1.54) is 0 Å². The van der Waals surface area contributed by atoms with Crippen molar-refractivity contribution in [1.82, 2.24) is 5.32 Å². The van der Waals surface area contributed by atoms with E-state index < -0.39 is 0 Å². The van der Waals surface area contributed by atoms with E-state index in [9.17, 15) is 9.90 Å².